The van der Waals surface area contributed by atoms with Crippen LogP contribution in [0.25, 0.3) is 0 Å². The van der Waals surface area contributed by atoms with Gasteiger partial charge in [-0.15, -0.1) is 0 Å². The lowest BCUT2D eigenvalue weighted by molar-refractivity contribution is 0.0951. The maximum absolute atomic E-state index is 12.3. The first-order valence-corrected chi connectivity index (χ1v) is 9.70. The molecule has 0 fully saturated rings. The summed E-state index contributed by atoms with van der Waals surface area (Å²) in [6.45, 7) is 2.84. The second-order valence-corrected chi connectivity index (χ2v) is 7.56. The van der Waals surface area contributed by atoms with E-state index < -0.39 is 10.0 Å². The minimum Gasteiger partial charge on any atom is -0.494 e. The quantitative estimate of drug-likeness (QED) is 0.821. The minimum atomic E-state index is -3.38. The highest BCUT2D eigenvalue weighted by atomic mass is 32.2. The molecule has 7 heteroatoms. The number of benzene rings is 2. The Bertz CT molecular complexity index is 850. The molecule has 1 N–H and O–H groups in total. The van der Waals surface area contributed by atoms with Crippen LogP contribution in [0.1, 0.15) is 22.8 Å². The van der Waals surface area contributed by atoms with Crippen LogP contribution >= 0.6 is 0 Å². The largest absolute Gasteiger partial charge is 0.494 e. The van der Waals surface area contributed by atoms with Crippen molar-refractivity contribution in [2.45, 2.75) is 13.5 Å². The SMILES string of the molecule is CCOc1cccc(CNC(=O)c2cccc(N(C)S(C)(=O)=O)c2)c1. The Morgan fingerprint density at radius 2 is 1.88 bits per heavy atom. The Labute approximate surface area is 148 Å². The van der Waals surface area contributed by atoms with Crippen molar-refractivity contribution >= 4 is 21.6 Å². The number of amides is 1. The van der Waals surface area contributed by atoms with Gasteiger partial charge in [-0.25, -0.2) is 8.42 Å². The van der Waals surface area contributed by atoms with Gasteiger partial charge < -0.3 is 10.1 Å². The standard InChI is InChI=1S/C18H22N2O4S/c1-4-24-17-10-5-7-14(11-17)13-19-18(21)15-8-6-9-16(12-15)20(2)25(3,22)23/h5-12H,4,13H2,1-3H3,(H,19,21). The van der Waals surface area contributed by atoms with Crippen molar-refractivity contribution in [1.29, 1.82) is 0 Å². The van der Waals surface area contributed by atoms with Gasteiger partial charge in [0, 0.05) is 19.2 Å². The number of rotatable bonds is 7. The van der Waals surface area contributed by atoms with Crippen LogP contribution in [-0.4, -0.2) is 34.2 Å². The molecule has 0 spiro atoms. The summed E-state index contributed by atoms with van der Waals surface area (Å²) in [5, 5.41) is 2.83. The molecule has 0 saturated carbocycles. The summed E-state index contributed by atoms with van der Waals surface area (Å²) in [6.07, 6.45) is 1.12. The van der Waals surface area contributed by atoms with Crippen LogP contribution < -0.4 is 14.4 Å². The number of ether oxygens (including phenoxy) is 1. The fourth-order valence-corrected chi connectivity index (χ4v) is 2.73. The number of carbonyl (C=O) groups excluding carboxylic acids is 1. The predicted molar refractivity (Wildman–Crippen MR) is 98.5 cm³/mol. The Kier molecular flexibility index (Phi) is 6.03. The van der Waals surface area contributed by atoms with E-state index in [-0.39, 0.29) is 5.91 Å². The highest BCUT2D eigenvalue weighted by Gasteiger charge is 2.14. The van der Waals surface area contributed by atoms with Crippen LogP contribution in [0.3, 0.4) is 0 Å². The molecule has 1 amide bonds. The molecule has 134 valence electrons. The van der Waals surface area contributed by atoms with Gasteiger partial charge in [0.1, 0.15) is 5.75 Å². The molecule has 2 rings (SSSR count). The third-order valence-corrected chi connectivity index (χ3v) is 4.84. The molecular weight excluding hydrogens is 340 g/mol. The molecular formula is C18H22N2O4S. The summed E-state index contributed by atoms with van der Waals surface area (Å²) in [5.41, 5.74) is 1.76. The molecule has 0 aliphatic heterocycles. The van der Waals surface area contributed by atoms with Gasteiger partial charge >= 0.3 is 0 Å². The zero-order valence-corrected chi connectivity index (χ0v) is 15.3. The van der Waals surface area contributed by atoms with Crippen LogP contribution in [-0.2, 0) is 16.6 Å². The van der Waals surface area contributed by atoms with Gasteiger partial charge in [-0.1, -0.05) is 18.2 Å². The third kappa shape index (κ3) is 5.22. The van der Waals surface area contributed by atoms with Gasteiger partial charge in [0.05, 0.1) is 18.6 Å². The zero-order valence-electron chi connectivity index (χ0n) is 14.5. The average molecular weight is 362 g/mol. The van der Waals surface area contributed by atoms with E-state index in [2.05, 4.69) is 5.32 Å². The van der Waals surface area contributed by atoms with Crippen LogP contribution in [0.5, 0.6) is 5.75 Å². The molecule has 0 bridgehead atoms. The molecule has 0 aliphatic rings. The van der Waals surface area contributed by atoms with Crippen molar-refractivity contribution in [3.05, 3.63) is 59.7 Å². The number of nitrogens with one attached hydrogen (secondary N) is 1. The van der Waals surface area contributed by atoms with Gasteiger partial charge in [0.15, 0.2) is 0 Å². The first-order chi connectivity index (χ1) is 11.8. The van der Waals surface area contributed by atoms with Crippen LogP contribution in [0.2, 0.25) is 0 Å². The Morgan fingerprint density at radius 1 is 1.16 bits per heavy atom. The normalized spacial score (nSPS) is 11.0. The number of nitrogens with zero attached hydrogens (tertiary/aromatic N) is 1. The van der Waals surface area contributed by atoms with E-state index >= 15 is 0 Å². The van der Waals surface area contributed by atoms with Gasteiger partial charge in [-0.3, -0.25) is 9.10 Å². The van der Waals surface area contributed by atoms with Gasteiger partial charge in [-0.2, -0.15) is 0 Å². The van der Waals surface area contributed by atoms with Gasteiger partial charge in [0.25, 0.3) is 5.91 Å². The van der Waals surface area contributed by atoms with Crippen LogP contribution in [0.15, 0.2) is 48.5 Å². The molecule has 0 atom stereocenters. The molecule has 25 heavy (non-hydrogen) atoms. The zero-order chi connectivity index (χ0) is 18.4. The fourth-order valence-electron chi connectivity index (χ4n) is 2.23. The van der Waals surface area contributed by atoms with Crippen LogP contribution in [0, 0.1) is 0 Å². The molecule has 0 saturated heterocycles. The minimum absolute atomic E-state index is 0.273. The first-order valence-electron chi connectivity index (χ1n) is 7.85. The molecule has 6 nitrogen and oxygen atoms in total. The Morgan fingerprint density at radius 3 is 2.56 bits per heavy atom. The fraction of sp³-hybridized carbons (Fsp3) is 0.278. The number of hydrogen-bond acceptors (Lipinski definition) is 4. The molecule has 0 aromatic heterocycles. The van der Waals surface area contributed by atoms with E-state index in [0.717, 1.165) is 21.9 Å². The summed E-state index contributed by atoms with van der Waals surface area (Å²) < 4.78 is 29.8. The Balaban J connectivity index is 2.07. The summed E-state index contributed by atoms with van der Waals surface area (Å²) >= 11 is 0. The van der Waals surface area contributed by atoms with E-state index in [0.29, 0.717) is 24.4 Å². The van der Waals surface area contributed by atoms with Crippen molar-refractivity contribution in [3.8, 4) is 5.75 Å². The van der Waals surface area contributed by atoms with Crippen molar-refractivity contribution < 1.29 is 17.9 Å². The lowest BCUT2D eigenvalue weighted by Gasteiger charge is -2.17. The molecule has 2 aromatic carbocycles. The first kappa shape index (κ1) is 18.8. The Hall–Kier alpha value is -2.54. The van der Waals surface area contributed by atoms with Crippen LogP contribution in [0.4, 0.5) is 5.69 Å². The highest BCUT2D eigenvalue weighted by molar-refractivity contribution is 7.92. The molecule has 0 aliphatic carbocycles. The van der Waals surface area contributed by atoms with E-state index in [1.807, 2.05) is 31.2 Å². The van der Waals surface area contributed by atoms with Gasteiger partial charge in [0.2, 0.25) is 10.0 Å². The third-order valence-electron chi connectivity index (χ3n) is 3.63. The van der Waals surface area contributed by atoms with Crippen molar-refractivity contribution in [3.63, 3.8) is 0 Å². The second-order valence-electron chi connectivity index (χ2n) is 5.54. The number of anilines is 1. The highest BCUT2D eigenvalue weighted by Crippen LogP contribution is 2.18. The molecule has 0 heterocycles. The number of hydrogen-bond donors (Lipinski definition) is 1. The smallest absolute Gasteiger partial charge is 0.251 e. The van der Waals surface area contributed by atoms with E-state index in [4.69, 9.17) is 4.74 Å². The summed E-state index contributed by atoms with van der Waals surface area (Å²) in [7, 11) is -1.93. The molecule has 0 unspecified atom stereocenters. The lowest BCUT2D eigenvalue weighted by atomic mass is 10.1. The van der Waals surface area contributed by atoms with Gasteiger partial charge in [-0.05, 0) is 42.8 Å². The summed E-state index contributed by atoms with van der Waals surface area (Å²) in [5.74, 6) is 0.483. The topological polar surface area (TPSA) is 75.7 Å². The van der Waals surface area contributed by atoms with E-state index in [9.17, 15) is 13.2 Å². The monoisotopic (exact) mass is 362 g/mol. The number of carbonyl (C=O) groups is 1. The molecule has 0 radical (unpaired) electrons. The number of sulfonamides is 1. The van der Waals surface area contributed by atoms with Crippen molar-refractivity contribution in [2.75, 3.05) is 24.2 Å². The predicted octanol–water partition coefficient (Wildman–Crippen LogP) is 2.41. The average Bonchev–Trinajstić information content (AvgIpc) is 2.59. The summed E-state index contributed by atoms with van der Waals surface area (Å²) in [4.78, 5) is 12.3. The maximum Gasteiger partial charge on any atom is 0.251 e. The molecule has 2 aromatic rings. The van der Waals surface area contributed by atoms with E-state index in [1.54, 1.807) is 24.3 Å². The second kappa shape index (κ2) is 8.02. The van der Waals surface area contributed by atoms with Crippen molar-refractivity contribution in [2.24, 2.45) is 0 Å². The maximum atomic E-state index is 12.3. The lowest BCUT2D eigenvalue weighted by Crippen LogP contribution is -2.26. The van der Waals surface area contributed by atoms with E-state index in [1.165, 1.54) is 7.05 Å². The summed E-state index contributed by atoms with van der Waals surface area (Å²) in [6, 6.07) is 14.0. The van der Waals surface area contributed by atoms with Crippen molar-refractivity contribution in [1.82, 2.24) is 5.32 Å².